The number of carbonyl (C=O) groups is 3. The summed E-state index contributed by atoms with van der Waals surface area (Å²) < 4.78 is 5.59. The summed E-state index contributed by atoms with van der Waals surface area (Å²) in [4.78, 5) is 53.4. The van der Waals surface area contributed by atoms with E-state index >= 15 is 0 Å². The van der Waals surface area contributed by atoms with Crippen molar-refractivity contribution in [3.05, 3.63) is 52.7 Å². The topological polar surface area (TPSA) is 154 Å². The summed E-state index contributed by atoms with van der Waals surface area (Å²) >= 11 is 0. The molecule has 0 radical (unpaired) electrons. The maximum Gasteiger partial charge on any atom is 0.256 e. The monoisotopic (exact) mass is 634 g/mol. The molecule has 2 fully saturated rings. The number of hydrogen-bond donors (Lipinski definition) is 3. The Bertz CT molecular complexity index is 1300. The number of allylic oxidation sites excluding steroid dienone is 2. The van der Waals surface area contributed by atoms with Crippen molar-refractivity contribution in [1.82, 2.24) is 15.1 Å². The second-order valence-corrected chi connectivity index (χ2v) is 11.7. The van der Waals surface area contributed by atoms with Crippen molar-refractivity contribution in [3.8, 4) is 0 Å². The number of nitrogens with one attached hydrogen (secondary N) is 2. The number of anilines is 1. The van der Waals surface area contributed by atoms with Crippen LogP contribution in [0.4, 0.5) is 5.69 Å². The minimum Gasteiger partial charge on any atom is -0.474 e. The van der Waals surface area contributed by atoms with Gasteiger partial charge in [0.15, 0.2) is 12.6 Å². The van der Waals surface area contributed by atoms with E-state index < -0.39 is 0 Å². The van der Waals surface area contributed by atoms with Crippen LogP contribution < -0.4 is 16.4 Å². The van der Waals surface area contributed by atoms with Gasteiger partial charge in [0.25, 0.3) is 5.91 Å². The molecular formula is C34H50N8O4. The number of likely N-dealkylation sites (tertiary alicyclic amines) is 1. The normalized spacial score (nSPS) is 17.4. The first kappa shape index (κ1) is 36.2. The third kappa shape index (κ3) is 11.2. The highest BCUT2D eigenvalue weighted by molar-refractivity contribution is 6.06. The van der Waals surface area contributed by atoms with Gasteiger partial charge in [-0.2, -0.15) is 0 Å². The van der Waals surface area contributed by atoms with E-state index in [2.05, 4.69) is 39.2 Å². The molecular weight excluding hydrogens is 584 g/mol. The van der Waals surface area contributed by atoms with Crippen LogP contribution in [-0.4, -0.2) is 106 Å². The molecule has 250 valence electrons. The van der Waals surface area contributed by atoms with Crippen LogP contribution in [0.2, 0.25) is 0 Å². The number of amides is 1. The van der Waals surface area contributed by atoms with Crippen molar-refractivity contribution in [2.24, 2.45) is 20.7 Å². The van der Waals surface area contributed by atoms with Gasteiger partial charge in [0, 0.05) is 62.6 Å². The number of rotatable bonds is 20. The summed E-state index contributed by atoms with van der Waals surface area (Å²) in [6.07, 6.45) is 12.7. The average molecular weight is 635 g/mol. The second-order valence-electron chi connectivity index (χ2n) is 11.7. The molecule has 46 heavy (non-hydrogen) atoms. The number of nitrogens with two attached hydrogens (primary N) is 1. The maximum atomic E-state index is 13.3. The Hall–Kier alpha value is -4.32. The zero-order chi connectivity index (χ0) is 33.3. The Kier molecular flexibility index (Phi) is 15.1. The van der Waals surface area contributed by atoms with Gasteiger partial charge in [-0.25, -0.2) is 4.99 Å². The van der Waals surface area contributed by atoms with Crippen LogP contribution >= 0.6 is 0 Å². The molecule has 1 aliphatic carbocycles. The molecule has 1 amide bonds. The lowest BCUT2D eigenvalue weighted by molar-refractivity contribution is -0.104. The Morgan fingerprint density at radius 1 is 1.22 bits per heavy atom. The molecule has 1 heterocycles. The van der Waals surface area contributed by atoms with Crippen molar-refractivity contribution in [2.75, 3.05) is 45.2 Å². The molecule has 1 aromatic rings. The number of piperidine rings is 1. The molecule has 12 heteroatoms. The molecule has 1 saturated heterocycles. The molecule has 3 rings (SSSR count). The van der Waals surface area contributed by atoms with Crippen LogP contribution in [0.25, 0.3) is 0 Å². The van der Waals surface area contributed by atoms with Crippen molar-refractivity contribution >= 4 is 43.3 Å². The molecule has 1 aromatic carbocycles. The largest absolute Gasteiger partial charge is 0.474 e. The van der Waals surface area contributed by atoms with Gasteiger partial charge in [-0.3, -0.25) is 24.4 Å². The Morgan fingerprint density at radius 3 is 2.61 bits per heavy atom. The summed E-state index contributed by atoms with van der Waals surface area (Å²) in [5.41, 5.74) is 8.20. The molecule has 1 unspecified atom stereocenters. The standard InChI is InChI=1S/C34H50N8O4/c1-5-8-25(2)41(4)34(45)32-26(22-43)9-6-10-31(32)38-15-7-16-42-17-13-28(14-18-42)39-21-29(19-35)40-24-37-20-27(23-44)33(36-3)46-30-11-12-30/h6,9-10,19-23,25,28,30,38,40H,3,5,7-8,11-18,24,35H2,1-2,4H3/b29-19+,33-27-,37-20-,39-21?. The number of benzene rings is 1. The van der Waals surface area contributed by atoms with Gasteiger partial charge >= 0.3 is 0 Å². The Balaban J connectivity index is 1.41. The fraction of sp³-hybridized carbons (Fsp3) is 0.529. The van der Waals surface area contributed by atoms with Crippen LogP contribution in [0.1, 0.15) is 79.5 Å². The highest BCUT2D eigenvalue weighted by Crippen LogP contribution is 2.27. The minimum atomic E-state index is -0.137. The molecule has 1 atom stereocenters. The van der Waals surface area contributed by atoms with E-state index in [0.29, 0.717) is 35.3 Å². The highest BCUT2D eigenvalue weighted by Gasteiger charge is 2.25. The Morgan fingerprint density at radius 2 is 1.98 bits per heavy atom. The molecule has 2 aliphatic rings. The quantitative estimate of drug-likeness (QED) is 0.0644. The lowest BCUT2D eigenvalue weighted by Crippen LogP contribution is -2.37. The van der Waals surface area contributed by atoms with Crippen molar-refractivity contribution in [3.63, 3.8) is 0 Å². The smallest absolute Gasteiger partial charge is 0.256 e. The molecule has 1 aliphatic heterocycles. The minimum absolute atomic E-state index is 0.0900. The van der Waals surface area contributed by atoms with Crippen molar-refractivity contribution < 1.29 is 19.1 Å². The van der Waals surface area contributed by atoms with Crippen LogP contribution in [0.5, 0.6) is 0 Å². The van der Waals surface area contributed by atoms with Crippen molar-refractivity contribution in [2.45, 2.75) is 77.0 Å². The zero-order valence-electron chi connectivity index (χ0n) is 27.5. The van der Waals surface area contributed by atoms with Gasteiger partial charge in [0.05, 0.1) is 22.9 Å². The number of ether oxygens (including phenoxy) is 1. The van der Waals surface area contributed by atoms with Crippen LogP contribution in [0.15, 0.2) is 56.5 Å². The number of aldehydes is 2. The summed E-state index contributed by atoms with van der Waals surface area (Å²) in [5.74, 6) is 0.0633. The fourth-order valence-electron chi connectivity index (χ4n) is 5.15. The fourth-order valence-corrected chi connectivity index (χ4v) is 5.15. The third-order valence-corrected chi connectivity index (χ3v) is 8.18. The van der Waals surface area contributed by atoms with Crippen LogP contribution in [-0.2, 0) is 9.53 Å². The molecule has 0 aromatic heterocycles. The van der Waals surface area contributed by atoms with Gasteiger partial charge in [0.1, 0.15) is 12.8 Å². The maximum absolute atomic E-state index is 13.3. The van der Waals surface area contributed by atoms with E-state index in [1.165, 1.54) is 12.4 Å². The summed E-state index contributed by atoms with van der Waals surface area (Å²) in [5, 5.41) is 6.50. The zero-order valence-corrected chi connectivity index (χ0v) is 27.5. The van der Waals surface area contributed by atoms with Crippen molar-refractivity contribution in [1.29, 1.82) is 0 Å². The van der Waals surface area contributed by atoms with E-state index in [1.807, 2.05) is 13.0 Å². The number of nitrogens with zero attached hydrogens (tertiary/aromatic N) is 5. The van der Waals surface area contributed by atoms with Gasteiger partial charge < -0.3 is 30.9 Å². The number of hydrogen-bond acceptors (Lipinski definition) is 11. The van der Waals surface area contributed by atoms with Gasteiger partial charge in [-0.05, 0) is 64.8 Å². The summed E-state index contributed by atoms with van der Waals surface area (Å²) in [6, 6.07) is 5.66. The predicted molar refractivity (Wildman–Crippen MR) is 185 cm³/mol. The third-order valence-electron chi connectivity index (χ3n) is 8.18. The first-order chi connectivity index (χ1) is 22.3. The van der Waals surface area contributed by atoms with Crippen LogP contribution in [0.3, 0.4) is 0 Å². The van der Waals surface area contributed by atoms with Gasteiger partial charge in [-0.1, -0.05) is 25.5 Å². The second kappa shape index (κ2) is 19.3. The number of aliphatic imine (C=N–C) groups is 3. The van der Waals surface area contributed by atoms with E-state index in [4.69, 9.17) is 15.5 Å². The first-order valence-electron chi connectivity index (χ1n) is 16.2. The number of carbonyl (C=O) groups excluding carboxylic acids is 3. The lowest BCUT2D eigenvalue weighted by Gasteiger charge is -2.30. The molecule has 1 saturated carbocycles. The summed E-state index contributed by atoms with van der Waals surface area (Å²) in [6.45, 7) is 11.3. The molecule has 0 spiro atoms. The Labute approximate surface area is 273 Å². The molecule has 0 bridgehead atoms. The van der Waals surface area contributed by atoms with E-state index in [9.17, 15) is 14.4 Å². The lowest BCUT2D eigenvalue weighted by atomic mass is 10.0. The predicted octanol–water partition coefficient (Wildman–Crippen LogP) is 3.81. The average Bonchev–Trinajstić information content (AvgIpc) is 3.91. The van der Waals surface area contributed by atoms with Gasteiger partial charge in [-0.15, -0.1) is 0 Å². The van der Waals surface area contributed by atoms with Crippen LogP contribution in [0, 0.1) is 0 Å². The van der Waals surface area contributed by atoms with Gasteiger partial charge in [0.2, 0.25) is 5.88 Å². The SMILES string of the molecule is C=N/C(OC1CC1)=C(C=O)\C=N/CN/C(C=NC1CCN(CCCNc2cccc(C=O)c2C(=O)N(C)C(C)CCC)CC1)=C/N. The molecule has 12 nitrogen and oxygen atoms in total. The van der Waals surface area contributed by atoms with E-state index in [0.717, 1.165) is 70.9 Å². The molecule has 4 N–H and O–H groups in total. The first-order valence-corrected chi connectivity index (χ1v) is 16.2. The highest BCUT2D eigenvalue weighted by atomic mass is 16.5. The van der Waals surface area contributed by atoms with E-state index in [-0.39, 0.29) is 42.2 Å². The summed E-state index contributed by atoms with van der Waals surface area (Å²) in [7, 11) is 1.80. The van der Waals surface area contributed by atoms with E-state index in [1.54, 1.807) is 30.3 Å².